The minimum Gasteiger partial charge on any atom is -0.493 e. The number of hydrogen-bond acceptors (Lipinski definition) is 3. The van der Waals surface area contributed by atoms with Crippen molar-refractivity contribution in [1.29, 1.82) is 5.26 Å². The van der Waals surface area contributed by atoms with E-state index in [0.29, 0.717) is 19.1 Å². The third-order valence-corrected chi connectivity index (χ3v) is 3.57. The Morgan fingerprint density at radius 1 is 1.42 bits per heavy atom. The quantitative estimate of drug-likeness (QED) is 0.816. The van der Waals surface area contributed by atoms with E-state index in [-0.39, 0.29) is 5.41 Å². The van der Waals surface area contributed by atoms with Gasteiger partial charge >= 0.3 is 0 Å². The van der Waals surface area contributed by atoms with Crippen LogP contribution in [0.3, 0.4) is 0 Å². The van der Waals surface area contributed by atoms with Crippen LogP contribution in [0.1, 0.15) is 38.7 Å². The fraction of sp³-hybridized carbons (Fsp3) is 0.562. The molecule has 0 spiro atoms. The second-order valence-corrected chi connectivity index (χ2v) is 5.81. The lowest BCUT2D eigenvalue weighted by Crippen LogP contribution is -2.21. The predicted molar refractivity (Wildman–Crippen MR) is 75.8 cm³/mol. The zero-order valence-corrected chi connectivity index (χ0v) is 11.8. The summed E-state index contributed by atoms with van der Waals surface area (Å²) < 4.78 is 5.85. The lowest BCUT2D eigenvalue weighted by Gasteiger charge is -2.14. The first kappa shape index (κ1) is 13.9. The lowest BCUT2D eigenvalue weighted by atomic mass is 10.1. The van der Waals surface area contributed by atoms with Crippen LogP contribution in [0.25, 0.3) is 0 Å². The second kappa shape index (κ2) is 6.08. The molecule has 0 saturated heterocycles. The van der Waals surface area contributed by atoms with Crippen molar-refractivity contribution in [2.45, 2.75) is 45.7 Å². The van der Waals surface area contributed by atoms with Gasteiger partial charge in [0.2, 0.25) is 0 Å². The van der Waals surface area contributed by atoms with Gasteiger partial charge in [0.25, 0.3) is 0 Å². The van der Waals surface area contributed by atoms with Gasteiger partial charge in [0.05, 0.1) is 12.7 Å². The summed E-state index contributed by atoms with van der Waals surface area (Å²) in [5.41, 5.74) is 1.37. The number of nitrogens with one attached hydrogen (secondary N) is 1. The van der Waals surface area contributed by atoms with Crippen molar-refractivity contribution < 1.29 is 4.74 Å². The zero-order valence-electron chi connectivity index (χ0n) is 11.8. The molecule has 1 aromatic rings. The number of benzene rings is 1. The molecule has 1 N–H and O–H groups in total. The molecule has 0 unspecified atom stereocenters. The molecule has 1 aliphatic rings. The van der Waals surface area contributed by atoms with E-state index in [1.54, 1.807) is 0 Å². The van der Waals surface area contributed by atoms with Crippen molar-refractivity contribution in [3.63, 3.8) is 0 Å². The summed E-state index contributed by atoms with van der Waals surface area (Å²) in [6.45, 7) is 5.80. The minimum absolute atomic E-state index is 0.140. The molecule has 3 nitrogen and oxygen atoms in total. The van der Waals surface area contributed by atoms with E-state index >= 15 is 0 Å². The number of nitriles is 1. The van der Waals surface area contributed by atoms with Gasteiger partial charge in [-0.25, -0.2) is 0 Å². The van der Waals surface area contributed by atoms with Gasteiger partial charge in [-0.3, -0.25) is 0 Å². The van der Waals surface area contributed by atoms with Crippen LogP contribution in [0.4, 0.5) is 0 Å². The van der Waals surface area contributed by atoms with Gasteiger partial charge in [0, 0.05) is 24.4 Å². The minimum atomic E-state index is 0.140. The summed E-state index contributed by atoms with van der Waals surface area (Å²) in [5, 5.41) is 12.2. The topological polar surface area (TPSA) is 45.0 Å². The molecule has 0 aromatic heterocycles. The SMILES string of the molecule is CC(C)NCc1cccc(OCC2(CC#N)CC2)c1. The van der Waals surface area contributed by atoms with Crippen molar-refractivity contribution in [3.05, 3.63) is 29.8 Å². The molecule has 1 saturated carbocycles. The summed E-state index contributed by atoms with van der Waals surface area (Å²) in [6.07, 6.45) is 2.85. The van der Waals surface area contributed by atoms with Crippen LogP contribution >= 0.6 is 0 Å². The molecule has 1 aliphatic carbocycles. The molecule has 0 bridgehead atoms. The molecule has 0 heterocycles. The van der Waals surface area contributed by atoms with Crippen LogP contribution < -0.4 is 10.1 Å². The van der Waals surface area contributed by atoms with Crippen LogP contribution in [0.15, 0.2) is 24.3 Å². The first-order valence-electron chi connectivity index (χ1n) is 6.96. The standard InChI is InChI=1S/C16H22N2O/c1-13(2)18-11-14-4-3-5-15(10-14)19-12-16(6-7-16)8-9-17/h3-5,10,13,18H,6-8,11-12H2,1-2H3. The van der Waals surface area contributed by atoms with Crippen molar-refractivity contribution in [2.24, 2.45) is 5.41 Å². The van der Waals surface area contributed by atoms with Gasteiger partial charge in [-0.2, -0.15) is 5.26 Å². The Morgan fingerprint density at radius 3 is 2.84 bits per heavy atom. The van der Waals surface area contributed by atoms with Crippen molar-refractivity contribution in [3.8, 4) is 11.8 Å². The third kappa shape index (κ3) is 4.25. The molecule has 0 amide bonds. The van der Waals surface area contributed by atoms with Crippen LogP contribution in [0.2, 0.25) is 0 Å². The fourth-order valence-corrected chi connectivity index (χ4v) is 2.02. The Bertz CT molecular complexity index is 458. The van der Waals surface area contributed by atoms with E-state index in [1.807, 2.05) is 12.1 Å². The Kier molecular flexibility index (Phi) is 4.44. The molecule has 0 radical (unpaired) electrons. The fourth-order valence-electron chi connectivity index (χ4n) is 2.02. The molecule has 19 heavy (non-hydrogen) atoms. The summed E-state index contributed by atoms with van der Waals surface area (Å²) >= 11 is 0. The van der Waals surface area contributed by atoms with E-state index < -0.39 is 0 Å². The Balaban J connectivity index is 1.87. The highest BCUT2D eigenvalue weighted by Crippen LogP contribution is 2.48. The van der Waals surface area contributed by atoms with E-state index in [0.717, 1.165) is 25.1 Å². The number of nitrogens with zero attached hydrogens (tertiary/aromatic N) is 1. The average Bonchev–Trinajstić information content (AvgIpc) is 3.15. The zero-order chi connectivity index (χ0) is 13.7. The van der Waals surface area contributed by atoms with Crippen LogP contribution in [0, 0.1) is 16.7 Å². The highest BCUT2D eigenvalue weighted by molar-refractivity contribution is 5.28. The van der Waals surface area contributed by atoms with Gasteiger partial charge in [-0.15, -0.1) is 0 Å². The molecule has 0 atom stereocenters. The number of rotatable bonds is 7. The smallest absolute Gasteiger partial charge is 0.119 e. The molecule has 1 aromatic carbocycles. The monoisotopic (exact) mass is 258 g/mol. The molecular weight excluding hydrogens is 236 g/mol. The van der Waals surface area contributed by atoms with Crippen molar-refractivity contribution in [1.82, 2.24) is 5.32 Å². The van der Waals surface area contributed by atoms with Gasteiger partial charge in [-0.05, 0) is 30.5 Å². The largest absolute Gasteiger partial charge is 0.493 e. The van der Waals surface area contributed by atoms with E-state index in [2.05, 4.69) is 37.4 Å². The summed E-state index contributed by atoms with van der Waals surface area (Å²) in [4.78, 5) is 0. The maximum absolute atomic E-state index is 8.79. The Labute approximate surface area is 115 Å². The predicted octanol–water partition coefficient (Wildman–Crippen LogP) is 3.26. The van der Waals surface area contributed by atoms with Gasteiger partial charge in [0.1, 0.15) is 5.75 Å². The summed E-state index contributed by atoms with van der Waals surface area (Å²) in [7, 11) is 0. The van der Waals surface area contributed by atoms with Crippen LogP contribution in [-0.4, -0.2) is 12.6 Å². The maximum Gasteiger partial charge on any atom is 0.119 e. The molecule has 2 rings (SSSR count). The van der Waals surface area contributed by atoms with Gasteiger partial charge < -0.3 is 10.1 Å². The van der Waals surface area contributed by atoms with Crippen molar-refractivity contribution >= 4 is 0 Å². The molecule has 1 fully saturated rings. The average molecular weight is 258 g/mol. The van der Waals surface area contributed by atoms with E-state index in [1.165, 1.54) is 5.56 Å². The molecule has 3 heteroatoms. The Morgan fingerprint density at radius 2 is 2.21 bits per heavy atom. The van der Waals surface area contributed by atoms with Gasteiger partial charge in [-0.1, -0.05) is 26.0 Å². The molecule has 102 valence electrons. The highest BCUT2D eigenvalue weighted by Gasteiger charge is 2.43. The summed E-state index contributed by atoms with van der Waals surface area (Å²) in [5.74, 6) is 0.910. The number of ether oxygens (including phenoxy) is 1. The maximum atomic E-state index is 8.79. The van der Waals surface area contributed by atoms with E-state index in [9.17, 15) is 0 Å². The second-order valence-electron chi connectivity index (χ2n) is 5.81. The Hall–Kier alpha value is -1.53. The first-order valence-corrected chi connectivity index (χ1v) is 6.96. The van der Waals surface area contributed by atoms with Crippen LogP contribution in [0.5, 0.6) is 5.75 Å². The molecular formula is C16H22N2O. The lowest BCUT2D eigenvalue weighted by molar-refractivity contribution is 0.236. The third-order valence-electron chi connectivity index (χ3n) is 3.57. The van der Waals surface area contributed by atoms with Gasteiger partial charge in [0.15, 0.2) is 0 Å². The van der Waals surface area contributed by atoms with Crippen molar-refractivity contribution in [2.75, 3.05) is 6.61 Å². The van der Waals surface area contributed by atoms with E-state index in [4.69, 9.17) is 10.00 Å². The molecule has 0 aliphatic heterocycles. The summed E-state index contributed by atoms with van der Waals surface area (Å²) in [6, 6.07) is 10.9. The number of hydrogen-bond donors (Lipinski definition) is 1. The first-order chi connectivity index (χ1) is 9.13. The van der Waals surface area contributed by atoms with Crippen LogP contribution in [-0.2, 0) is 6.54 Å². The highest BCUT2D eigenvalue weighted by atomic mass is 16.5. The normalized spacial score (nSPS) is 16.1.